The largest absolute Gasteiger partial charge is 0.508 e. The first kappa shape index (κ1) is 17.6. The van der Waals surface area contributed by atoms with Crippen molar-refractivity contribution in [1.29, 1.82) is 0 Å². The summed E-state index contributed by atoms with van der Waals surface area (Å²) in [6, 6.07) is 18.6. The molecule has 0 spiro atoms. The molecule has 0 saturated heterocycles. The van der Waals surface area contributed by atoms with Crippen LogP contribution in [0, 0.1) is 10.1 Å². The van der Waals surface area contributed by atoms with Crippen molar-refractivity contribution in [2.45, 2.75) is 16.3 Å². The van der Waals surface area contributed by atoms with Crippen LogP contribution in [-0.2, 0) is 6.54 Å². The summed E-state index contributed by atoms with van der Waals surface area (Å²) in [6.07, 6.45) is 0. The highest BCUT2D eigenvalue weighted by atomic mass is 32.2. The highest BCUT2D eigenvalue weighted by Gasteiger charge is 2.08. The molecule has 6 nitrogen and oxygen atoms in total. The third kappa shape index (κ3) is 4.25. The van der Waals surface area contributed by atoms with Crippen molar-refractivity contribution >= 4 is 23.1 Å². The number of anilines is 1. The minimum Gasteiger partial charge on any atom is -0.508 e. The molecule has 0 aliphatic carbocycles. The molecule has 3 aromatic carbocycles. The van der Waals surface area contributed by atoms with Gasteiger partial charge in [0, 0.05) is 34.5 Å². The number of nitro benzene ring substituents is 1. The Morgan fingerprint density at radius 1 is 1.00 bits per heavy atom. The number of benzene rings is 3. The van der Waals surface area contributed by atoms with Gasteiger partial charge < -0.3 is 15.5 Å². The van der Waals surface area contributed by atoms with Crippen LogP contribution in [-0.4, -0.2) is 15.1 Å². The number of rotatable bonds is 6. The maximum absolute atomic E-state index is 10.7. The molecule has 0 atom stereocenters. The molecule has 0 bridgehead atoms. The SMILES string of the molecule is O=[N+]([O-])c1ccc(Sc2ccccc2CNc2ccc(O)cc2O)cc1. The molecule has 0 saturated carbocycles. The summed E-state index contributed by atoms with van der Waals surface area (Å²) in [6.45, 7) is 0.481. The van der Waals surface area contributed by atoms with Crippen molar-refractivity contribution in [3.63, 3.8) is 0 Å². The maximum Gasteiger partial charge on any atom is 0.269 e. The van der Waals surface area contributed by atoms with Crippen molar-refractivity contribution in [1.82, 2.24) is 0 Å². The Hall–Kier alpha value is -3.19. The first-order valence-electron chi connectivity index (χ1n) is 7.79. The lowest BCUT2D eigenvalue weighted by Gasteiger charge is -2.12. The standard InChI is InChI=1S/C19H16N2O4S/c22-15-7-10-17(18(23)11-15)20-12-13-3-1-2-4-19(13)26-16-8-5-14(6-9-16)21(24)25/h1-11,20,22-23H,12H2. The van der Waals surface area contributed by atoms with E-state index >= 15 is 0 Å². The van der Waals surface area contributed by atoms with E-state index in [1.807, 2.05) is 24.3 Å². The molecular weight excluding hydrogens is 352 g/mol. The van der Waals surface area contributed by atoms with Crippen LogP contribution in [0.2, 0.25) is 0 Å². The molecule has 0 aromatic heterocycles. The Balaban J connectivity index is 1.74. The second-order valence-electron chi connectivity index (χ2n) is 5.52. The maximum atomic E-state index is 10.7. The zero-order chi connectivity index (χ0) is 18.5. The molecule has 0 aliphatic rings. The Morgan fingerprint density at radius 3 is 2.42 bits per heavy atom. The van der Waals surface area contributed by atoms with Gasteiger partial charge in [-0.3, -0.25) is 10.1 Å². The average molecular weight is 368 g/mol. The lowest BCUT2D eigenvalue weighted by atomic mass is 10.2. The highest BCUT2D eigenvalue weighted by Crippen LogP contribution is 2.33. The van der Waals surface area contributed by atoms with Gasteiger partial charge >= 0.3 is 0 Å². The fourth-order valence-electron chi connectivity index (χ4n) is 2.37. The Bertz CT molecular complexity index is 929. The number of hydrogen-bond acceptors (Lipinski definition) is 6. The molecule has 0 aliphatic heterocycles. The lowest BCUT2D eigenvalue weighted by Crippen LogP contribution is -2.01. The van der Waals surface area contributed by atoms with Crippen LogP contribution < -0.4 is 5.32 Å². The second-order valence-corrected chi connectivity index (χ2v) is 6.63. The van der Waals surface area contributed by atoms with E-state index < -0.39 is 4.92 Å². The molecule has 0 amide bonds. The minimum atomic E-state index is -0.420. The first-order valence-corrected chi connectivity index (χ1v) is 8.60. The van der Waals surface area contributed by atoms with Gasteiger partial charge in [0.05, 0.1) is 10.6 Å². The predicted octanol–water partition coefficient (Wildman–Crippen LogP) is 4.77. The van der Waals surface area contributed by atoms with Crippen molar-refractivity contribution in [2.24, 2.45) is 0 Å². The van der Waals surface area contributed by atoms with Crippen LogP contribution in [0.15, 0.2) is 76.5 Å². The second kappa shape index (κ2) is 7.79. The molecule has 132 valence electrons. The van der Waals surface area contributed by atoms with Crippen LogP contribution in [0.3, 0.4) is 0 Å². The minimum absolute atomic E-state index is 0.00202. The van der Waals surface area contributed by atoms with Crippen molar-refractivity contribution in [3.05, 3.63) is 82.4 Å². The number of non-ortho nitro benzene ring substituents is 1. The number of nitrogens with one attached hydrogen (secondary N) is 1. The molecule has 0 radical (unpaired) electrons. The van der Waals surface area contributed by atoms with Gasteiger partial charge in [0.1, 0.15) is 11.5 Å². The van der Waals surface area contributed by atoms with E-state index in [1.165, 1.54) is 36.0 Å². The Labute approximate surface area is 154 Å². The summed E-state index contributed by atoms with van der Waals surface area (Å²) in [4.78, 5) is 12.2. The van der Waals surface area contributed by atoms with Gasteiger partial charge in [0.15, 0.2) is 0 Å². The number of hydrogen-bond donors (Lipinski definition) is 3. The molecule has 0 heterocycles. The predicted molar refractivity (Wildman–Crippen MR) is 101 cm³/mol. The van der Waals surface area contributed by atoms with Gasteiger partial charge in [-0.1, -0.05) is 30.0 Å². The average Bonchev–Trinajstić information content (AvgIpc) is 2.62. The van der Waals surface area contributed by atoms with Crippen LogP contribution in [0.4, 0.5) is 11.4 Å². The third-order valence-electron chi connectivity index (χ3n) is 3.70. The van der Waals surface area contributed by atoms with Crippen LogP contribution in [0.25, 0.3) is 0 Å². The number of aromatic hydroxyl groups is 2. The van der Waals surface area contributed by atoms with Crippen LogP contribution in [0.5, 0.6) is 11.5 Å². The van der Waals surface area contributed by atoms with Gasteiger partial charge in [-0.15, -0.1) is 0 Å². The number of nitrogens with zero attached hydrogens (tertiary/aromatic N) is 1. The summed E-state index contributed by atoms with van der Waals surface area (Å²) < 4.78 is 0. The number of phenols is 2. The van der Waals surface area contributed by atoms with Crippen molar-refractivity contribution < 1.29 is 15.1 Å². The topological polar surface area (TPSA) is 95.6 Å². The smallest absolute Gasteiger partial charge is 0.269 e. The van der Waals surface area contributed by atoms with E-state index in [2.05, 4.69) is 5.32 Å². The zero-order valence-electron chi connectivity index (χ0n) is 13.6. The van der Waals surface area contributed by atoms with Gasteiger partial charge in [-0.2, -0.15) is 0 Å². The normalized spacial score (nSPS) is 10.5. The van der Waals surface area contributed by atoms with E-state index in [0.29, 0.717) is 12.2 Å². The van der Waals surface area contributed by atoms with Crippen LogP contribution in [0.1, 0.15) is 5.56 Å². The number of nitro groups is 1. The van der Waals surface area contributed by atoms with E-state index in [-0.39, 0.29) is 17.2 Å². The van der Waals surface area contributed by atoms with Gasteiger partial charge in [0.2, 0.25) is 0 Å². The number of phenolic OH excluding ortho intramolecular Hbond substituents is 2. The van der Waals surface area contributed by atoms with Crippen LogP contribution >= 0.6 is 11.8 Å². The van der Waals surface area contributed by atoms with Gasteiger partial charge in [-0.25, -0.2) is 0 Å². The van der Waals surface area contributed by atoms with Gasteiger partial charge in [0.25, 0.3) is 5.69 Å². The fourth-order valence-corrected chi connectivity index (χ4v) is 3.32. The summed E-state index contributed by atoms with van der Waals surface area (Å²) in [7, 11) is 0. The first-order chi connectivity index (χ1) is 12.5. The summed E-state index contributed by atoms with van der Waals surface area (Å²) >= 11 is 1.51. The lowest BCUT2D eigenvalue weighted by molar-refractivity contribution is -0.384. The Kier molecular flexibility index (Phi) is 5.28. The molecule has 3 N–H and O–H groups in total. The van der Waals surface area contributed by atoms with E-state index in [1.54, 1.807) is 18.2 Å². The zero-order valence-corrected chi connectivity index (χ0v) is 14.4. The van der Waals surface area contributed by atoms with Crippen molar-refractivity contribution in [2.75, 3.05) is 5.32 Å². The van der Waals surface area contributed by atoms with Gasteiger partial charge in [-0.05, 0) is 35.9 Å². The molecule has 0 fully saturated rings. The molecular formula is C19H16N2O4S. The van der Waals surface area contributed by atoms with E-state index in [0.717, 1.165) is 15.4 Å². The summed E-state index contributed by atoms with van der Waals surface area (Å²) in [5.41, 5.74) is 1.60. The van der Waals surface area contributed by atoms with E-state index in [9.17, 15) is 20.3 Å². The fraction of sp³-hybridized carbons (Fsp3) is 0.0526. The van der Waals surface area contributed by atoms with E-state index in [4.69, 9.17) is 0 Å². The summed E-state index contributed by atoms with van der Waals surface area (Å²) in [5.74, 6) is -0.0207. The molecule has 0 unspecified atom stereocenters. The Morgan fingerprint density at radius 2 is 1.73 bits per heavy atom. The third-order valence-corrected chi connectivity index (χ3v) is 4.82. The highest BCUT2D eigenvalue weighted by molar-refractivity contribution is 7.99. The molecule has 7 heteroatoms. The molecule has 3 rings (SSSR count). The molecule has 3 aromatic rings. The monoisotopic (exact) mass is 368 g/mol. The quantitative estimate of drug-likeness (QED) is 0.251. The molecule has 26 heavy (non-hydrogen) atoms. The van der Waals surface area contributed by atoms with Crippen molar-refractivity contribution in [3.8, 4) is 11.5 Å². The summed E-state index contributed by atoms with van der Waals surface area (Å²) in [5, 5.41) is 33.1.